The molecule has 4 heteroatoms. The van der Waals surface area contributed by atoms with Crippen LogP contribution in [0, 0.1) is 5.92 Å². The average molecular weight is 390 g/mol. The van der Waals surface area contributed by atoms with Gasteiger partial charge >= 0.3 is 0 Å². The highest BCUT2D eigenvalue weighted by atomic mass is 19.3. The number of alkyl halides is 3. The van der Waals surface area contributed by atoms with Crippen LogP contribution < -0.4 is 4.74 Å². The van der Waals surface area contributed by atoms with Crippen molar-refractivity contribution in [2.45, 2.75) is 57.8 Å². The van der Waals surface area contributed by atoms with Crippen LogP contribution in [-0.2, 0) is 0 Å². The minimum Gasteiger partial charge on any atom is -0.490 e. The van der Waals surface area contributed by atoms with Gasteiger partial charge in [-0.05, 0) is 54.7 Å². The van der Waals surface area contributed by atoms with Crippen LogP contribution in [0.5, 0.6) is 5.75 Å². The topological polar surface area (TPSA) is 9.23 Å². The Morgan fingerprint density at radius 3 is 2.32 bits per heavy atom. The fourth-order valence-corrected chi connectivity index (χ4v) is 4.42. The maximum atomic E-state index is 13.6. The third-order valence-corrected chi connectivity index (χ3v) is 5.84. The second-order valence-corrected chi connectivity index (χ2v) is 7.69. The monoisotopic (exact) mass is 390 g/mol. The fourth-order valence-electron chi connectivity index (χ4n) is 4.42. The number of hydrogen-bond acceptors (Lipinski definition) is 1. The summed E-state index contributed by atoms with van der Waals surface area (Å²) in [6.07, 6.45) is 4.89. The molecule has 1 aliphatic rings. The van der Waals surface area contributed by atoms with E-state index < -0.39 is 13.1 Å². The molecule has 0 bridgehead atoms. The van der Waals surface area contributed by atoms with E-state index in [1.165, 1.54) is 56.2 Å². The molecule has 0 heterocycles. The number of halogens is 3. The summed E-state index contributed by atoms with van der Waals surface area (Å²) in [6, 6.07) is 12.5. The highest BCUT2D eigenvalue weighted by Crippen LogP contribution is 2.41. The molecule has 0 aromatic heterocycles. The van der Waals surface area contributed by atoms with Crippen LogP contribution in [0.4, 0.5) is 13.2 Å². The number of ether oxygens (including phenoxy) is 1. The minimum absolute atomic E-state index is 0.0795. The Morgan fingerprint density at radius 2 is 1.71 bits per heavy atom. The quantitative estimate of drug-likeness (QED) is 0.448. The van der Waals surface area contributed by atoms with Gasteiger partial charge in [0.15, 0.2) is 0 Å². The summed E-state index contributed by atoms with van der Waals surface area (Å²) in [5.41, 5.74) is 2.25. The molecule has 1 aliphatic carbocycles. The van der Waals surface area contributed by atoms with E-state index >= 15 is 0 Å². The standard InChI is InChI=1S/C24H29F3O/c1-2-4-17-7-9-18(10-8-17)19-11-13-20(14-12-19)23-21(24(26)27)5-3-6-22(23)28-16-15-25/h3,5-6,11-14,17-18,24H,2,4,7-10,15-16H2,1H3. The van der Waals surface area contributed by atoms with E-state index in [1.807, 2.05) is 12.1 Å². The van der Waals surface area contributed by atoms with Gasteiger partial charge in [0.1, 0.15) is 19.0 Å². The van der Waals surface area contributed by atoms with Crippen molar-refractivity contribution >= 4 is 0 Å². The summed E-state index contributed by atoms with van der Waals surface area (Å²) in [7, 11) is 0. The molecule has 1 saturated carbocycles. The number of rotatable bonds is 8. The lowest BCUT2D eigenvalue weighted by Gasteiger charge is -2.28. The molecule has 28 heavy (non-hydrogen) atoms. The second kappa shape index (κ2) is 9.99. The van der Waals surface area contributed by atoms with Crippen molar-refractivity contribution in [1.29, 1.82) is 0 Å². The van der Waals surface area contributed by atoms with E-state index in [0.717, 1.165) is 5.92 Å². The summed E-state index contributed by atoms with van der Waals surface area (Å²) >= 11 is 0. The molecule has 3 rings (SSSR count). The molecule has 0 radical (unpaired) electrons. The third kappa shape index (κ3) is 4.89. The molecule has 0 atom stereocenters. The Kier molecular flexibility index (Phi) is 7.41. The van der Waals surface area contributed by atoms with E-state index in [1.54, 1.807) is 6.07 Å². The molecule has 2 aromatic carbocycles. The Bertz CT molecular complexity index is 734. The molecule has 2 aromatic rings. The Hall–Kier alpha value is -1.97. The lowest BCUT2D eigenvalue weighted by atomic mass is 9.77. The second-order valence-electron chi connectivity index (χ2n) is 7.69. The molecule has 1 nitrogen and oxygen atoms in total. The van der Waals surface area contributed by atoms with Gasteiger partial charge in [-0.3, -0.25) is 0 Å². The largest absolute Gasteiger partial charge is 0.490 e. The van der Waals surface area contributed by atoms with Gasteiger partial charge in [-0.25, -0.2) is 13.2 Å². The van der Waals surface area contributed by atoms with E-state index in [2.05, 4.69) is 19.1 Å². The lowest BCUT2D eigenvalue weighted by molar-refractivity contribution is 0.151. The van der Waals surface area contributed by atoms with Gasteiger partial charge in [0.05, 0.1) is 0 Å². The zero-order valence-electron chi connectivity index (χ0n) is 16.5. The maximum absolute atomic E-state index is 13.6. The summed E-state index contributed by atoms with van der Waals surface area (Å²) in [4.78, 5) is 0. The summed E-state index contributed by atoms with van der Waals surface area (Å²) in [6.45, 7) is 1.45. The van der Waals surface area contributed by atoms with Crippen LogP contribution in [0.3, 0.4) is 0 Å². The van der Waals surface area contributed by atoms with Crippen molar-refractivity contribution in [1.82, 2.24) is 0 Å². The van der Waals surface area contributed by atoms with Crippen molar-refractivity contribution < 1.29 is 17.9 Å². The molecule has 0 spiro atoms. The number of benzene rings is 2. The predicted molar refractivity (Wildman–Crippen MR) is 108 cm³/mol. The smallest absolute Gasteiger partial charge is 0.264 e. The molecule has 0 saturated heterocycles. The van der Waals surface area contributed by atoms with Gasteiger partial charge in [0, 0.05) is 11.1 Å². The molecular weight excluding hydrogens is 361 g/mol. The normalized spacial score (nSPS) is 19.8. The van der Waals surface area contributed by atoms with E-state index in [0.29, 0.717) is 22.8 Å². The first kappa shape index (κ1) is 20.8. The molecular formula is C24H29F3O. The van der Waals surface area contributed by atoms with E-state index in [4.69, 9.17) is 4.74 Å². The Morgan fingerprint density at radius 1 is 1.00 bits per heavy atom. The predicted octanol–water partition coefficient (Wildman–Crippen LogP) is 7.71. The van der Waals surface area contributed by atoms with Crippen LogP contribution in [0.15, 0.2) is 42.5 Å². The molecule has 0 amide bonds. The summed E-state index contributed by atoms with van der Waals surface area (Å²) in [5.74, 6) is 1.71. The third-order valence-electron chi connectivity index (χ3n) is 5.84. The van der Waals surface area contributed by atoms with E-state index in [-0.39, 0.29) is 12.2 Å². The van der Waals surface area contributed by atoms with Crippen molar-refractivity contribution in [3.8, 4) is 16.9 Å². The average Bonchev–Trinajstić information content (AvgIpc) is 2.73. The van der Waals surface area contributed by atoms with Crippen LogP contribution >= 0.6 is 0 Å². The molecule has 152 valence electrons. The molecule has 0 N–H and O–H groups in total. The summed E-state index contributed by atoms with van der Waals surface area (Å²) in [5, 5.41) is 0. The first-order valence-electron chi connectivity index (χ1n) is 10.3. The van der Waals surface area contributed by atoms with E-state index in [9.17, 15) is 13.2 Å². The van der Waals surface area contributed by atoms with Crippen molar-refractivity contribution in [2.24, 2.45) is 5.92 Å². The zero-order valence-corrected chi connectivity index (χ0v) is 16.5. The van der Waals surface area contributed by atoms with Gasteiger partial charge in [-0.1, -0.05) is 56.2 Å². The molecule has 1 fully saturated rings. The van der Waals surface area contributed by atoms with Crippen molar-refractivity contribution in [2.75, 3.05) is 13.3 Å². The highest BCUT2D eigenvalue weighted by Gasteiger charge is 2.23. The van der Waals surface area contributed by atoms with Gasteiger partial charge < -0.3 is 4.74 Å². The van der Waals surface area contributed by atoms with Crippen LogP contribution in [-0.4, -0.2) is 13.3 Å². The lowest BCUT2D eigenvalue weighted by Crippen LogP contribution is -2.13. The van der Waals surface area contributed by atoms with Gasteiger partial charge in [-0.2, -0.15) is 0 Å². The molecule has 0 aliphatic heterocycles. The van der Waals surface area contributed by atoms with Gasteiger partial charge in [0.25, 0.3) is 6.43 Å². The Balaban J connectivity index is 1.81. The van der Waals surface area contributed by atoms with Gasteiger partial charge in [-0.15, -0.1) is 0 Å². The first-order valence-corrected chi connectivity index (χ1v) is 10.3. The highest BCUT2D eigenvalue weighted by molar-refractivity contribution is 5.74. The van der Waals surface area contributed by atoms with Crippen LogP contribution in [0.1, 0.15) is 68.9 Å². The number of hydrogen-bond donors (Lipinski definition) is 0. The fraction of sp³-hybridized carbons (Fsp3) is 0.500. The minimum atomic E-state index is -2.61. The van der Waals surface area contributed by atoms with Gasteiger partial charge in [0.2, 0.25) is 0 Å². The van der Waals surface area contributed by atoms with Crippen molar-refractivity contribution in [3.05, 3.63) is 53.6 Å². The van der Waals surface area contributed by atoms with Crippen molar-refractivity contribution in [3.63, 3.8) is 0 Å². The molecule has 0 unspecified atom stereocenters. The first-order chi connectivity index (χ1) is 13.6. The van der Waals surface area contributed by atoms with Crippen LogP contribution in [0.25, 0.3) is 11.1 Å². The zero-order chi connectivity index (χ0) is 19.9. The maximum Gasteiger partial charge on any atom is 0.264 e. The SMILES string of the molecule is CCCC1CCC(c2ccc(-c3c(OCCF)cccc3C(F)F)cc2)CC1. The summed E-state index contributed by atoms with van der Waals surface area (Å²) < 4.78 is 45.0. The Labute approximate surface area is 165 Å². The van der Waals surface area contributed by atoms with Crippen LogP contribution in [0.2, 0.25) is 0 Å².